The van der Waals surface area contributed by atoms with Gasteiger partial charge in [-0.05, 0) is 30.3 Å². The average Bonchev–Trinajstić information content (AvgIpc) is 2.88. The van der Waals surface area contributed by atoms with E-state index >= 15 is 0 Å². The van der Waals surface area contributed by atoms with Gasteiger partial charge in [0.2, 0.25) is 0 Å². The first-order valence-corrected chi connectivity index (χ1v) is 9.30. The molecule has 0 bridgehead atoms. The number of hydrogen-bond donors (Lipinski definition) is 1. The van der Waals surface area contributed by atoms with E-state index in [1.165, 1.54) is 6.20 Å². The number of ether oxygens (including phenoxy) is 2. The van der Waals surface area contributed by atoms with Crippen LogP contribution in [-0.2, 0) is 6.54 Å². The molecule has 0 saturated carbocycles. The second-order valence-corrected chi connectivity index (χ2v) is 6.88. The molecule has 2 aromatic heterocycles. The molecule has 0 unspecified atom stereocenters. The quantitative estimate of drug-likeness (QED) is 0.527. The summed E-state index contributed by atoms with van der Waals surface area (Å²) in [5, 5.41) is 5.41. The maximum atomic E-state index is 13.0. The van der Waals surface area contributed by atoms with Crippen molar-refractivity contribution in [3.63, 3.8) is 0 Å². The average molecular weight is 408 g/mol. The molecule has 1 N–H and O–H groups in total. The highest BCUT2D eigenvalue weighted by atomic mass is 35.5. The van der Waals surface area contributed by atoms with Crippen molar-refractivity contribution in [2.75, 3.05) is 19.5 Å². The van der Waals surface area contributed by atoms with Gasteiger partial charge < -0.3 is 14.8 Å². The molecule has 0 amide bonds. The molecule has 0 atom stereocenters. The lowest BCUT2D eigenvalue weighted by Crippen LogP contribution is -2.04. The third-order valence-corrected chi connectivity index (χ3v) is 4.89. The summed E-state index contributed by atoms with van der Waals surface area (Å²) >= 11 is 6.02. The highest BCUT2D eigenvalue weighted by Crippen LogP contribution is 2.26. The highest BCUT2D eigenvalue weighted by Gasteiger charge is 2.08. The molecule has 29 heavy (non-hydrogen) atoms. The summed E-state index contributed by atoms with van der Waals surface area (Å²) in [6.07, 6.45) is 3.13. The number of nitrogens with zero attached hydrogens (tertiary/aromatic N) is 2. The third kappa shape index (κ3) is 3.79. The molecule has 6 nitrogen and oxygen atoms in total. The van der Waals surface area contributed by atoms with Gasteiger partial charge in [-0.2, -0.15) is 0 Å². The summed E-state index contributed by atoms with van der Waals surface area (Å²) in [6.45, 7) is 0.526. The fourth-order valence-corrected chi connectivity index (χ4v) is 3.31. The summed E-state index contributed by atoms with van der Waals surface area (Å²) in [4.78, 5) is 21.5. The van der Waals surface area contributed by atoms with Gasteiger partial charge in [0.15, 0.2) is 11.1 Å². The van der Waals surface area contributed by atoms with Crippen molar-refractivity contribution in [1.29, 1.82) is 0 Å². The van der Waals surface area contributed by atoms with Gasteiger partial charge in [0.25, 0.3) is 0 Å². The molecule has 2 aromatic carbocycles. The topological polar surface area (TPSA) is 73.3 Å². The van der Waals surface area contributed by atoms with Gasteiger partial charge in [-0.15, -0.1) is 0 Å². The molecule has 0 aliphatic carbocycles. The van der Waals surface area contributed by atoms with Crippen molar-refractivity contribution in [3.05, 3.63) is 75.7 Å². The fraction of sp³-hybridized carbons (Fsp3) is 0.136. The van der Waals surface area contributed by atoms with E-state index in [4.69, 9.17) is 21.1 Å². The van der Waals surface area contributed by atoms with Crippen molar-refractivity contribution in [1.82, 2.24) is 9.97 Å². The van der Waals surface area contributed by atoms with Crippen LogP contribution in [0.3, 0.4) is 0 Å². The molecule has 4 rings (SSSR count). The number of nitrogens with one attached hydrogen (secondary N) is 1. The van der Waals surface area contributed by atoms with Crippen LogP contribution in [0.5, 0.6) is 11.5 Å². The first-order chi connectivity index (χ1) is 14.1. The zero-order valence-electron chi connectivity index (χ0n) is 15.9. The molecular formula is C22H18ClN3O3. The Balaban J connectivity index is 1.71. The van der Waals surface area contributed by atoms with Crippen LogP contribution in [-0.4, -0.2) is 24.2 Å². The van der Waals surface area contributed by atoms with E-state index < -0.39 is 0 Å². The van der Waals surface area contributed by atoms with Crippen LogP contribution in [0.4, 0.5) is 5.69 Å². The predicted octanol–water partition coefficient (Wildman–Crippen LogP) is 4.43. The van der Waals surface area contributed by atoms with Crippen molar-refractivity contribution in [3.8, 4) is 11.5 Å². The van der Waals surface area contributed by atoms with Crippen LogP contribution >= 0.6 is 11.6 Å². The van der Waals surface area contributed by atoms with E-state index in [1.54, 1.807) is 26.5 Å². The monoisotopic (exact) mass is 407 g/mol. The number of benzene rings is 2. The first-order valence-electron chi connectivity index (χ1n) is 8.92. The van der Waals surface area contributed by atoms with Gasteiger partial charge in [-0.1, -0.05) is 17.7 Å². The number of fused-ring (bicyclic) bond motifs is 2. The first kappa shape index (κ1) is 19.0. The molecule has 146 valence electrons. The number of aromatic nitrogens is 2. The zero-order valence-corrected chi connectivity index (χ0v) is 16.7. The zero-order chi connectivity index (χ0) is 20.4. The van der Waals surface area contributed by atoms with E-state index in [2.05, 4.69) is 15.3 Å². The predicted molar refractivity (Wildman–Crippen MR) is 115 cm³/mol. The van der Waals surface area contributed by atoms with Crippen LogP contribution in [0.25, 0.3) is 21.8 Å². The number of rotatable bonds is 5. The normalized spacial score (nSPS) is 10.9. The van der Waals surface area contributed by atoms with E-state index in [0.717, 1.165) is 28.1 Å². The molecule has 0 saturated heterocycles. The Hall–Kier alpha value is -3.38. The molecular weight excluding hydrogens is 390 g/mol. The Morgan fingerprint density at radius 2 is 1.79 bits per heavy atom. The molecule has 0 aliphatic heterocycles. The van der Waals surface area contributed by atoms with Crippen LogP contribution in [0.15, 0.2) is 59.7 Å². The Labute approximate surface area is 172 Å². The van der Waals surface area contributed by atoms with Crippen molar-refractivity contribution in [2.45, 2.75) is 6.54 Å². The van der Waals surface area contributed by atoms with E-state index in [-0.39, 0.29) is 5.43 Å². The van der Waals surface area contributed by atoms with Crippen molar-refractivity contribution in [2.24, 2.45) is 0 Å². The van der Waals surface area contributed by atoms with Gasteiger partial charge in [-0.25, -0.2) is 9.97 Å². The van der Waals surface area contributed by atoms with Crippen LogP contribution in [0.2, 0.25) is 5.02 Å². The minimum absolute atomic E-state index is 0.159. The lowest BCUT2D eigenvalue weighted by atomic mass is 10.1. The number of hydrogen-bond acceptors (Lipinski definition) is 6. The highest BCUT2D eigenvalue weighted by molar-refractivity contribution is 6.31. The van der Waals surface area contributed by atoms with Gasteiger partial charge >= 0.3 is 0 Å². The third-order valence-electron chi connectivity index (χ3n) is 4.68. The van der Waals surface area contributed by atoms with Gasteiger partial charge in [0, 0.05) is 47.0 Å². The van der Waals surface area contributed by atoms with Gasteiger partial charge in [-0.3, -0.25) is 4.79 Å². The summed E-state index contributed by atoms with van der Waals surface area (Å²) < 4.78 is 10.7. The van der Waals surface area contributed by atoms with Crippen molar-refractivity contribution >= 4 is 39.1 Å². The minimum atomic E-state index is -0.159. The second-order valence-electron chi connectivity index (χ2n) is 6.45. The standard InChI is InChI=1S/C22H18ClN3O3/c1-28-17-6-4-14(20(9-17)29-2)11-24-16-5-3-13-10-25-22-19(7-15(23)12-26-22)21(27)18(13)8-16/h3-10,12,24H,11H2,1-2H3. The summed E-state index contributed by atoms with van der Waals surface area (Å²) in [5.74, 6) is 1.45. The molecule has 0 spiro atoms. The number of halogens is 1. The minimum Gasteiger partial charge on any atom is -0.497 e. The van der Waals surface area contributed by atoms with E-state index in [1.807, 2.05) is 36.4 Å². The lowest BCUT2D eigenvalue weighted by molar-refractivity contribution is 0.391. The molecule has 0 radical (unpaired) electrons. The SMILES string of the molecule is COc1ccc(CNc2ccc3cnc4ncc(Cl)cc4c(=O)c3c2)c(OC)c1. The summed E-state index contributed by atoms with van der Waals surface area (Å²) in [7, 11) is 3.23. The molecule has 0 fully saturated rings. The molecule has 0 aliphatic rings. The summed E-state index contributed by atoms with van der Waals surface area (Å²) in [6, 6.07) is 12.8. The largest absolute Gasteiger partial charge is 0.497 e. The Morgan fingerprint density at radius 3 is 2.59 bits per heavy atom. The van der Waals surface area contributed by atoms with Gasteiger partial charge in [0.1, 0.15) is 11.5 Å². The number of pyridine rings is 1. The second kappa shape index (κ2) is 7.93. The Bertz CT molecular complexity index is 1280. The summed E-state index contributed by atoms with van der Waals surface area (Å²) in [5.41, 5.74) is 1.99. The van der Waals surface area contributed by atoms with Crippen LogP contribution < -0.4 is 20.2 Å². The van der Waals surface area contributed by atoms with Crippen molar-refractivity contribution < 1.29 is 9.47 Å². The maximum Gasteiger partial charge on any atom is 0.197 e. The molecule has 7 heteroatoms. The fourth-order valence-electron chi connectivity index (χ4n) is 3.15. The number of anilines is 1. The molecule has 4 aromatic rings. The smallest absolute Gasteiger partial charge is 0.197 e. The Kier molecular flexibility index (Phi) is 5.18. The number of methoxy groups -OCH3 is 2. The Morgan fingerprint density at radius 1 is 0.966 bits per heavy atom. The van der Waals surface area contributed by atoms with Crippen LogP contribution in [0, 0.1) is 0 Å². The molecule has 2 heterocycles. The maximum absolute atomic E-state index is 13.0. The van der Waals surface area contributed by atoms with Gasteiger partial charge in [0.05, 0.1) is 24.6 Å². The lowest BCUT2D eigenvalue weighted by Gasteiger charge is -2.12. The van der Waals surface area contributed by atoms with E-state index in [9.17, 15) is 4.79 Å². The van der Waals surface area contributed by atoms with E-state index in [0.29, 0.717) is 28.0 Å². The van der Waals surface area contributed by atoms with Crippen LogP contribution in [0.1, 0.15) is 5.56 Å².